The molecule has 1 aliphatic heterocycles. The van der Waals surface area contributed by atoms with Gasteiger partial charge >= 0.3 is 0 Å². The molecule has 0 aliphatic carbocycles. The Bertz CT molecular complexity index is 566. The Morgan fingerprint density at radius 2 is 2.25 bits per heavy atom. The van der Waals surface area contributed by atoms with E-state index in [4.69, 9.17) is 5.14 Å². The Kier molecular flexibility index (Phi) is 4.79. The van der Waals surface area contributed by atoms with Gasteiger partial charge < -0.3 is 5.32 Å². The molecule has 0 amide bonds. The third kappa shape index (κ3) is 3.97. The minimum atomic E-state index is -3.63. The number of hydrogen-bond acceptors (Lipinski definition) is 4. The molecule has 2 atom stereocenters. The predicted octanol–water partition coefficient (Wildman–Crippen LogP) is 2.27. The molecule has 1 heterocycles. The topological polar surface area (TPSA) is 72.2 Å². The van der Waals surface area contributed by atoms with E-state index in [9.17, 15) is 8.42 Å². The number of hydrogen-bond donors (Lipinski definition) is 2. The second-order valence-corrected chi connectivity index (χ2v) is 8.87. The molecule has 3 N–H and O–H groups in total. The third-order valence-electron chi connectivity index (χ3n) is 3.77. The lowest BCUT2D eigenvalue weighted by Gasteiger charge is -2.26. The van der Waals surface area contributed by atoms with Gasteiger partial charge in [-0.1, -0.05) is 12.1 Å². The summed E-state index contributed by atoms with van der Waals surface area (Å²) in [5.41, 5.74) is 0.947. The fourth-order valence-electron chi connectivity index (χ4n) is 2.42. The standard InChI is InChI=1S/C14H22N2O2S2/c1-11(16-10-14(2)7-4-8-19-14)12-5-3-6-13(9-12)20(15,17)18/h3,5-6,9,11,16H,4,7-8,10H2,1-2H3,(H2,15,17,18). The summed E-state index contributed by atoms with van der Waals surface area (Å²) < 4.78 is 23.1. The zero-order chi connectivity index (χ0) is 14.8. The van der Waals surface area contributed by atoms with Crippen LogP contribution < -0.4 is 10.5 Å². The van der Waals surface area contributed by atoms with Crippen molar-refractivity contribution in [2.45, 2.75) is 42.4 Å². The maximum atomic E-state index is 11.4. The average Bonchev–Trinajstić information content (AvgIpc) is 2.83. The van der Waals surface area contributed by atoms with Gasteiger partial charge in [0, 0.05) is 17.3 Å². The Labute approximate surface area is 125 Å². The molecule has 1 saturated heterocycles. The average molecular weight is 314 g/mol. The van der Waals surface area contributed by atoms with E-state index >= 15 is 0 Å². The molecule has 0 saturated carbocycles. The number of thioether (sulfide) groups is 1. The molecular formula is C14H22N2O2S2. The molecule has 0 spiro atoms. The summed E-state index contributed by atoms with van der Waals surface area (Å²) in [4.78, 5) is 0.171. The van der Waals surface area contributed by atoms with Gasteiger partial charge in [-0.15, -0.1) is 0 Å². The first-order valence-corrected chi connectivity index (χ1v) is 9.33. The highest BCUT2D eigenvalue weighted by Gasteiger charge is 2.29. The summed E-state index contributed by atoms with van der Waals surface area (Å²) in [5, 5.41) is 8.67. The van der Waals surface area contributed by atoms with Crippen LogP contribution in [-0.4, -0.2) is 25.5 Å². The monoisotopic (exact) mass is 314 g/mol. The first-order chi connectivity index (χ1) is 9.30. The quantitative estimate of drug-likeness (QED) is 0.874. The normalized spacial score (nSPS) is 24.8. The van der Waals surface area contributed by atoms with Gasteiger partial charge in [0.1, 0.15) is 0 Å². The van der Waals surface area contributed by atoms with Crippen LogP contribution in [0.4, 0.5) is 0 Å². The van der Waals surface area contributed by atoms with Crippen LogP contribution in [0.25, 0.3) is 0 Å². The van der Waals surface area contributed by atoms with Crippen molar-refractivity contribution >= 4 is 21.8 Å². The smallest absolute Gasteiger partial charge is 0.238 e. The molecule has 112 valence electrons. The maximum absolute atomic E-state index is 11.4. The summed E-state index contributed by atoms with van der Waals surface area (Å²) in [6, 6.07) is 6.95. The van der Waals surface area contributed by atoms with Crippen molar-refractivity contribution < 1.29 is 8.42 Å². The number of sulfonamides is 1. The Morgan fingerprint density at radius 3 is 2.85 bits per heavy atom. The van der Waals surface area contributed by atoms with Crippen LogP contribution in [-0.2, 0) is 10.0 Å². The highest BCUT2D eigenvalue weighted by molar-refractivity contribution is 8.00. The number of benzene rings is 1. The fraction of sp³-hybridized carbons (Fsp3) is 0.571. The summed E-state index contributed by atoms with van der Waals surface area (Å²) in [5.74, 6) is 1.23. The first-order valence-electron chi connectivity index (χ1n) is 6.80. The summed E-state index contributed by atoms with van der Waals surface area (Å²) in [6.45, 7) is 5.26. The van der Waals surface area contributed by atoms with E-state index in [2.05, 4.69) is 12.2 Å². The SMILES string of the molecule is CC(NCC1(C)CCCS1)c1cccc(S(N)(=O)=O)c1. The number of nitrogens with two attached hydrogens (primary N) is 1. The van der Waals surface area contributed by atoms with E-state index in [1.54, 1.807) is 12.1 Å². The van der Waals surface area contributed by atoms with E-state index < -0.39 is 10.0 Å². The van der Waals surface area contributed by atoms with Gasteiger partial charge in [-0.2, -0.15) is 11.8 Å². The molecule has 20 heavy (non-hydrogen) atoms. The highest BCUT2D eigenvalue weighted by Crippen LogP contribution is 2.37. The third-order valence-corrected chi connectivity index (χ3v) is 6.22. The minimum Gasteiger partial charge on any atom is -0.309 e. The first kappa shape index (κ1) is 15.8. The number of rotatable bonds is 5. The molecule has 0 radical (unpaired) electrons. The molecule has 1 aromatic rings. The molecule has 0 aromatic heterocycles. The molecule has 6 heteroatoms. The van der Waals surface area contributed by atoms with E-state index in [1.165, 1.54) is 24.7 Å². The van der Waals surface area contributed by atoms with Crippen LogP contribution in [0.2, 0.25) is 0 Å². The van der Waals surface area contributed by atoms with Crippen molar-refractivity contribution in [1.29, 1.82) is 0 Å². The lowest BCUT2D eigenvalue weighted by Crippen LogP contribution is -2.34. The van der Waals surface area contributed by atoms with Crippen molar-refractivity contribution in [2.24, 2.45) is 5.14 Å². The second-order valence-electron chi connectivity index (χ2n) is 5.62. The van der Waals surface area contributed by atoms with Crippen LogP contribution in [0.15, 0.2) is 29.2 Å². The van der Waals surface area contributed by atoms with E-state index in [0.29, 0.717) is 4.75 Å². The molecule has 2 rings (SSSR count). The molecule has 1 aromatic carbocycles. The fourth-order valence-corrected chi connectivity index (χ4v) is 4.25. The second kappa shape index (κ2) is 6.05. The van der Waals surface area contributed by atoms with Gasteiger partial charge in [0.25, 0.3) is 0 Å². The van der Waals surface area contributed by atoms with Gasteiger partial charge in [0.05, 0.1) is 4.90 Å². The van der Waals surface area contributed by atoms with Crippen molar-refractivity contribution in [3.05, 3.63) is 29.8 Å². The van der Waals surface area contributed by atoms with Gasteiger partial charge in [-0.3, -0.25) is 0 Å². The summed E-state index contributed by atoms with van der Waals surface area (Å²) in [7, 11) is -3.63. The summed E-state index contributed by atoms with van der Waals surface area (Å²) in [6.07, 6.45) is 2.51. The van der Waals surface area contributed by atoms with Crippen LogP contribution in [0, 0.1) is 0 Å². The lowest BCUT2D eigenvalue weighted by atomic mass is 10.0. The van der Waals surface area contributed by atoms with Crippen LogP contribution in [0.3, 0.4) is 0 Å². The van der Waals surface area contributed by atoms with E-state index in [1.807, 2.05) is 24.8 Å². The lowest BCUT2D eigenvalue weighted by molar-refractivity contribution is 0.490. The largest absolute Gasteiger partial charge is 0.309 e. The van der Waals surface area contributed by atoms with Gasteiger partial charge in [0.2, 0.25) is 10.0 Å². The van der Waals surface area contributed by atoms with Gasteiger partial charge in [-0.05, 0) is 50.1 Å². The van der Waals surface area contributed by atoms with Crippen LogP contribution in [0.5, 0.6) is 0 Å². The van der Waals surface area contributed by atoms with Crippen molar-refractivity contribution in [2.75, 3.05) is 12.3 Å². The highest BCUT2D eigenvalue weighted by atomic mass is 32.2. The maximum Gasteiger partial charge on any atom is 0.238 e. The zero-order valence-corrected chi connectivity index (χ0v) is 13.6. The van der Waals surface area contributed by atoms with Crippen molar-refractivity contribution in [1.82, 2.24) is 5.32 Å². The predicted molar refractivity (Wildman–Crippen MR) is 84.3 cm³/mol. The number of primary sulfonamides is 1. The molecule has 1 aliphatic rings. The van der Waals surface area contributed by atoms with Gasteiger partial charge in [0.15, 0.2) is 0 Å². The summed E-state index contributed by atoms with van der Waals surface area (Å²) >= 11 is 2.01. The Balaban J connectivity index is 2.04. The Morgan fingerprint density at radius 1 is 1.50 bits per heavy atom. The zero-order valence-electron chi connectivity index (χ0n) is 11.9. The molecule has 0 bridgehead atoms. The van der Waals surface area contributed by atoms with Crippen LogP contribution in [0.1, 0.15) is 38.3 Å². The van der Waals surface area contributed by atoms with Crippen molar-refractivity contribution in [3.63, 3.8) is 0 Å². The molecule has 2 unspecified atom stereocenters. The van der Waals surface area contributed by atoms with Crippen LogP contribution >= 0.6 is 11.8 Å². The van der Waals surface area contributed by atoms with Crippen molar-refractivity contribution in [3.8, 4) is 0 Å². The minimum absolute atomic E-state index is 0.106. The van der Waals surface area contributed by atoms with E-state index in [-0.39, 0.29) is 10.9 Å². The van der Waals surface area contributed by atoms with Gasteiger partial charge in [-0.25, -0.2) is 13.6 Å². The molecule has 4 nitrogen and oxygen atoms in total. The Hall–Kier alpha value is -0.560. The van der Waals surface area contributed by atoms with E-state index in [0.717, 1.165) is 12.1 Å². The molecular weight excluding hydrogens is 292 g/mol. The number of nitrogens with one attached hydrogen (secondary N) is 1. The molecule has 1 fully saturated rings.